The fourth-order valence-electron chi connectivity index (χ4n) is 1.47. The largest absolute Gasteiger partial charge is 0.326 e. The Morgan fingerprint density at radius 1 is 1.22 bits per heavy atom. The zero-order valence-electron chi connectivity index (χ0n) is 11.0. The number of amides is 2. The predicted octanol–water partition coefficient (Wildman–Crippen LogP) is 1.50. The first kappa shape index (κ1) is 14.2. The highest BCUT2D eigenvalue weighted by molar-refractivity contribution is 5.94. The number of nitrogens with one attached hydrogen (secondary N) is 3. The smallest absolute Gasteiger partial charge is 0.238 e. The van der Waals surface area contributed by atoms with E-state index >= 15 is 0 Å². The average molecular weight is 249 g/mol. The molecule has 0 saturated carbocycles. The van der Waals surface area contributed by atoms with E-state index < -0.39 is 0 Å². The van der Waals surface area contributed by atoms with Gasteiger partial charge < -0.3 is 16.0 Å². The van der Waals surface area contributed by atoms with Gasteiger partial charge in [0.2, 0.25) is 11.8 Å². The summed E-state index contributed by atoms with van der Waals surface area (Å²) in [5, 5.41) is 8.43. The molecule has 98 valence electrons. The van der Waals surface area contributed by atoms with Crippen molar-refractivity contribution in [2.45, 2.75) is 20.8 Å². The van der Waals surface area contributed by atoms with Crippen molar-refractivity contribution in [3.8, 4) is 0 Å². The van der Waals surface area contributed by atoms with Crippen molar-refractivity contribution in [2.75, 3.05) is 23.7 Å². The minimum atomic E-state index is -0.130. The van der Waals surface area contributed by atoms with Gasteiger partial charge in [0, 0.05) is 18.3 Å². The van der Waals surface area contributed by atoms with Gasteiger partial charge in [0.25, 0.3) is 0 Å². The summed E-state index contributed by atoms with van der Waals surface area (Å²) < 4.78 is 0. The number of rotatable bonds is 5. The predicted molar refractivity (Wildman–Crippen MR) is 72.7 cm³/mol. The first-order valence-corrected chi connectivity index (χ1v) is 5.91. The van der Waals surface area contributed by atoms with Crippen LogP contribution in [0.15, 0.2) is 18.2 Å². The van der Waals surface area contributed by atoms with Crippen LogP contribution in [0.4, 0.5) is 11.4 Å². The Morgan fingerprint density at radius 2 is 1.94 bits per heavy atom. The van der Waals surface area contributed by atoms with Crippen molar-refractivity contribution in [3.63, 3.8) is 0 Å². The molecule has 0 saturated heterocycles. The number of likely N-dealkylation sites (N-methyl/N-ethyl adjacent to an activating group) is 1. The Morgan fingerprint density at radius 3 is 2.56 bits per heavy atom. The van der Waals surface area contributed by atoms with Crippen LogP contribution in [0.3, 0.4) is 0 Å². The normalized spacial score (nSPS) is 9.94. The number of carbonyl (C=O) groups is 2. The maximum atomic E-state index is 11.5. The molecular formula is C13H19N3O2. The topological polar surface area (TPSA) is 70.2 Å². The summed E-state index contributed by atoms with van der Waals surface area (Å²) in [6.45, 7) is 6.32. The third-order valence-corrected chi connectivity index (χ3v) is 2.37. The van der Waals surface area contributed by atoms with E-state index in [4.69, 9.17) is 0 Å². The molecule has 5 heteroatoms. The lowest BCUT2D eigenvalue weighted by atomic mass is 10.1. The van der Waals surface area contributed by atoms with E-state index in [1.54, 1.807) is 6.07 Å². The van der Waals surface area contributed by atoms with E-state index in [1.165, 1.54) is 6.92 Å². The Labute approximate surface area is 107 Å². The van der Waals surface area contributed by atoms with Crippen molar-refractivity contribution >= 4 is 23.2 Å². The molecule has 18 heavy (non-hydrogen) atoms. The van der Waals surface area contributed by atoms with E-state index in [-0.39, 0.29) is 18.4 Å². The highest BCUT2D eigenvalue weighted by atomic mass is 16.2. The highest BCUT2D eigenvalue weighted by Gasteiger charge is 2.05. The van der Waals surface area contributed by atoms with Gasteiger partial charge in [-0.3, -0.25) is 9.59 Å². The molecule has 1 aromatic carbocycles. The highest BCUT2D eigenvalue weighted by Crippen LogP contribution is 2.20. The lowest BCUT2D eigenvalue weighted by molar-refractivity contribution is -0.115. The molecule has 0 aliphatic heterocycles. The molecule has 0 heterocycles. The Balaban J connectivity index is 2.72. The van der Waals surface area contributed by atoms with Crippen molar-refractivity contribution < 1.29 is 9.59 Å². The molecular weight excluding hydrogens is 230 g/mol. The van der Waals surface area contributed by atoms with Crippen LogP contribution < -0.4 is 16.0 Å². The van der Waals surface area contributed by atoms with Crippen LogP contribution in [0.25, 0.3) is 0 Å². The van der Waals surface area contributed by atoms with Gasteiger partial charge in [0.05, 0.1) is 6.54 Å². The van der Waals surface area contributed by atoms with E-state index in [2.05, 4.69) is 16.0 Å². The van der Waals surface area contributed by atoms with E-state index in [0.29, 0.717) is 11.4 Å². The Kier molecular flexibility index (Phi) is 5.32. The zero-order valence-corrected chi connectivity index (χ0v) is 11.0. The number of carbonyl (C=O) groups excluding carboxylic acids is 2. The van der Waals surface area contributed by atoms with Crippen LogP contribution in [-0.2, 0) is 9.59 Å². The van der Waals surface area contributed by atoms with Gasteiger partial charge in [-0.15, -0.1) is 0 Å². The van der Waals surface area contributed by atoms with Gasteiger partial charge in [-0.1, -0.05) is 13.0 Å². The van der Waals surface area contributed by atoms with Crippen LogP contribution >= 0.6 is 0 Å². The second-order valence-electron chi connectivity index (χ2n) is 4.04. The summed E-state index contributed by atoms with van der Waals surface area (Å²) in [6.07, 6.45) is 0. The first-order chi connectivity index (χ1) is 8.52. The lowest BCUT2D eigenvalue weighted by Crippen LogP contribution is -2.27. The third-order valence-electron chi connectivity index (χ3n) is 2.37. The van der Waals surface area contributed by atoms with Gasteiger partial charge in [-0.2, -0.15) is 0 Å². The van der Waals surface area contributed by atoms with Crippen LogP contribution in [0, 0.1) is 6.92 Å². The van der Waals surface area contributed by atoms with Crippen LogP contribution in [0.2, 0.25) is 0 Å². The zero-order chi connectivity index (χ0) is 13.5. The monoisotopic (exact) mass is 249 g/mol. The van der Waals surface area contributed by atoms with Crippen LogP contribution in [0.1, 0.15) is 19.4 Å². The van der Waals surface area contributed by atoms with Gasteiger partial charge in [-0.05, 0) is 31.2 Å². The summed E-state index contributed by atoms with van der Waals surface area (Å²) in [7, 11) is 0. The summed E-state index contributed by atoms with van der Waals surface area (Å²) in [5.74, 6) is -0.233. The number of hydrogen-bond donors (Lipinski definition) is 3. The van der Waals surface area contributed by atoms with Gasteiger partial charge in [0.1, 0.15) is 0 Å². The molecule has 1 rings (SSSR count). The number of anilines is 2. The number of aryl methyl sites for hydroxylation is 1. The molecule has 0 atom stereocenters. The maximum absolute atomic E-state index is 11.5. The van der Waals surface area contributed by atoms with Gasteiger partial charge >= 0.3 is 0 Å². The fourth-order valence-corrected chi connectivity index (χ4v) is 1.47. The molecule has 5 nitrogen and oxygen atoms in total. The molecule has 0 aromatic heterocycles. The summed E-state index contributed by atoms with van der Waals surface area (Å²) in [5.41, 5.74) is 2.34. The molecule has 0 unspecified atom stereocenters. The Bertz CT molecular complexity index is 444. The second kappa shape index (κ2) is 6.76. The van der Waals surface area contributed by atoms with E-state index in [0.717, 1.165) is 12.1 Å². The van der Waals surface area contributed by atoms with Crippen molar-refractivity contribution in [1.29, 1.82) is 0 Å². The maximum Gasteiger partial charge on any atom is 0.238 e. The molecule has 0 aliphatic carbocycles. The number of hydrogen-bond acceptors (Lipinski definition) is 3. The molecule has 3 N–H and O–H groups in total. The molecule has 1 aromatic rings. The lowest BCUT2D eigenvalue weighted by Gasteiger charge is -2.10. The second-order valence-corrected chi connectivity index (χ2v) is 4.04. The van der Waals surface area contributed by atoms with Crippen molar-refractivity contribution in [3.05, 3.63) is 23.8 Å². The van der Waals surface area contributed by atoms with Crippen LogP contribution in [-0.4, -0.2) is 24.9 Å². The minimum absolute atomic E-state index is 0.102. The molecule has 0 fully saturated rings. The standard InChI is InChI=1S/C13H19N3O2/c1-4-14-8-13(18)16-11-6-5-9(2)12(7-11)15-10(3)17/h5-7,14H,4,8H2,1-3H3,(H,15,17)(H,16,18). The number of benzene rings is 1. The van der Waals surface area contributed by atoms with Crippen molar-refractivity contribution in [1.82, 2.24) is 5.32 Å². The molecule has 0 spiro atoms. The SMILES string of the molecule is CCNCC(=O)Nc1ccc(C)c(NC(C)=O)c1. The van der Waals surface area contributed by atoms with Gasteiger partial charge in [-0.25, -0.2) is 0 Å². The minimum Gasteiger partial charge on any atom is -0.326 e. The van der Waals surface area contributed by atoms with Crippen molar-refractivity contribution in [2.24, 2.45) is 0 Å². The third kappa shape index (κ3) is 4.55. The first-order valence-electron chi connectivity index (χ1n) is 5.91. The molecule has 0 aliphatic rings. The molecule has 2 amide bonds. The summed E-state index contributed by atoms with van der Waals surface area (Å²) in [4.78, 5) is 22.6. The van der Waals surface area contributed by atoms with Gasteiger partial charge in [0.15, 0.2) is 0 Å². The quantitative estimate of drug-likeness (QED) is 0.740. The average Bonchev–Trinajstić information content (AvgIpc) is 2.30. The Hall–Kier alpha value is -1.88. The summed E-state index contributed by atoms with van der Waals surface area (Å²) in [6, 6.07) is 5.42. The molecule has 0 radical (unpaired) electrons. The van der Waals surface area contributed by atoms with E-state index in [1.807, 2.05) is 26.0 Å². The fraction of sp³-hybridized carbons (Fsp3) is 0.385. The van der Waals surface area contributed by atoms with E-state index in [9.17, 15) is 9.59 Å². The molecule has 0 bridgehead atoms. The summed E-state index contributed by atoms with van der Waals surface area (Å²) >= 11 is 0. The van der Waals surface area contributed by atoms with Crippen LogP contribution in [0.5, 0.6) is 0 Å².